The third-order valence-corrected chi connectivity index (χ3v) is 11.9. The molecule has 58 heavy (non-hydrogen) atoms. The molecule has 0 atom stereocenters. The van der Waals surface area contributed by atoms with Gasteiger partial charge in [-0.2, -0.15) is 0 Å². The number of pyridine rings is 1. The van der Waals surface area contributed by atoms with Gasteiger partial charge in [0.2, 0.25) is 0 Å². The highest BCUT2D eigenvalue weighted by Gasteiger charge is 2.21. The van der Waals surface area contributed by atoms with Gasteiger partial charge in [-0.1, -0.05) is 152 Å². The van der Waals surface area contributed by atoms with Gasteiger partial charge in [-0.15, -0.1) is 0 Å². The smallest absolute Gasteiger partial charge is 0.145 e. The maximum atomic E-state index is 4.89. The van der Waals surface area contributed by atoms with E-state index < -0.39 is 0 Å². The van der Waals surface area contributed by atoms with E-state index in [-0.39, 0.29) is 0 Å². The third-order valence-electron chi connectivity index (χ3n) is 11.9. The maximum absolute atomic E-state index is 4.89. The van der Waals surface area contributed by atoms with Crippen molar-refractivity contribution in [2.75, 3.05) is 0 Å². The first-order valence-electron chi connectivity index (χ1n) is 19.9. The quantitative estimate of drug-likeness (QED) is 0.161. The first-order chi connectivity index (χ1) is 28.8. The van der Waals surface area contributed by atoms with Gasteiger partial charge >= 0.3 is 0 Å². The Morgan fingerprint density at radius 2 is 0.793 bits per heavy atom. The van der Waals surface area contributed by atoms with E-state index in [0.717, 1.165) is 33.4 Å². The Morgan fingerprint density at radius 1 is 0.276 bits per heavy atom. The average molecular weight is 738 g/mol. The second-order valence-electron chi connectivity index (χ2n) is 15.1. The molecule has 0 saturated carbocycles. The van der Waals surface area contributed by atoms with E-state index in [9.17, 15) is 0 Å². The minimum Gasteiger partial charge on any atom is -0.309 e. The first kappa shape index (κ1) is 32.5. The van der Waals surface area contributed by atoms with Crippen LogP contribution in [0.25, 0.3) is 110 Å². The predicted molar refractivity (Wildman–Crippen MR) is 244 cm³/mol. The second-order valence-corrected chi connectivity index (χ2v) is 15.1. The molecule has 0 aliphatic rings. The summed E-state index contributed by atoms with van der Waals surface area (Å²) in [4.78, 5) is 4.89. The van der Waals surface area contributed by atoms with E-state index in [1.165, 1.54) is 76.6 Å². The van der Waals surface area contributed by atoms with Gasteiger partial charge in [0.25, 0.3) is 0 Å². The molecule has 3 heterocycles. The van der Waals surface area contributed by atoms with Gasteiger partial charge in [0.15, 0.2) is 0 Å². The van der Waals surface area contributed by atoms with Gasteiger partial charge in [0.05, 0.1) is 16.6 Å². The molecule has 0 N–H and O–H groups in total. The number of hydrogen-bond donors (Lipinski definition) is 0. The lowest BCUT2D eigenvalue weighted by atomic mass is 9.85. The zero-order valence-electron chi connectivity index (χ0n) is 31.5. The van der Waals surface area contributed by atoms with E-state index in [4.69, 9.17) is 4.98 Å². The summed E-state index contributed by atoms with van der Waals surface area (Å²) >= 11 is 0. The average Bonchev–Trinajstić information content (AvgIpc) is 3.81. The van der Waals surface area contributed by atoms with E-state index in [1.807, 2.05) is 12.3 Å². The summed E-state index contributed by atoms with van der Waals surface area (Å²) in [5.41, 5.74) is 14.0. The minimum absolute atomic E-state index is 0.960. The normalized spacial score (nSPS) is 11.8. The lowest BCUT2D eigenvalue weighted by molar-refractivity contribution is 1.13. The van der Waals surface area contributed by atoms with E-state index >= 15 is 0 Å². The Bertz CT molecular complexity index is 3450. The van der Waals surface area contributed by atoms with E-state index in [1.54, 1.807) is 0 Å². The Labute approximate surface area is 335 Å². The molecule has 3 aromatic heterocycles. The van der Waals surface area contributed by atoms with Gasteiger partial charge in [-0.25, -0.2) is 4.98 Å². The fourth-order valence-corrected chi connectivity index (χ4v) is 9.45. The van der Waals surface area contributed by atoms with Crippen molar-refractivity contribution in [2.24, 2.45) is 0 Å². The molecule has 0 fully saturated rings. The molecule has 0 bridgehead atoms. The Kier molecular flexibility index (Phi) is 7.23. The molecule has 0 radical (unpaired) electrons. The number of benzene rings is 9. The maximum Gasteiger partial charge on any atom is 0.145 e. The molecular weight excluding hydrogens is 703 g/mol. The van der Waals surface area contributed by atoms with Crippen LogP contribution < -0.4 is 0 Å². The van der Waals surface area contributed by atoms with Crippen molar-refractivity contribution in [3.63, 3.8) is 0 Å². The molecule has 0 spiro atoms. The topological polar surface area (TPSA) is 22.8 Å². The van der Waals surface area contributed by atoms with Crippen molar-refractivity contribution < 1.29 is 0 Å². The summed E-state index contributed by atoms with van der Waals surface area (Å²) in [5, 5.41) is 9.76. The van der Waals surface area contributed by atoms with Crippen molar-refractivity contribution >= 4 is 65.3 Å². The molecule has 0 saturated heterocycles. The molecule has 0 aliphatic heterocycles. The molecule has 3 nitrogen and oxygen atoms in total. The lowest BCUT2D eigenvalue weighted by Gasteiger charge is -2.18. The summed E-state index contributed by atoms with van der Waals surface area (Å²) in [5.74, 6) is 0. The molecule has 270 valence electrons. The first-order valence-corrected chi connectivity index (χ1v) is 19.9. The number of fused-ring (bicyclic) bond motifs is 8. The fourth-order valence-electron chi connectivity index (χ4n) is 9.45. The molecule has 0 amide bonds. The van der Waals surface area contributed by atoms with Gasteiger partial charge in [-0.3, -0.25) is 4.57 Å². The predicted octanol–water partition coefficient (Wildman–Crippen LogP) is 14.6. The zero-order valence-corrected chi connectivity index (χ0v) is 31.5. The molecule has 12 aromatic rings. The van der Waals surface area contributed by atoms with Crippen LogP contribution in [-0.2, 0) is 0 Å². The largest absolute Gasteiger partial charge is 0.309 e. The summed E-state index contributed by atoms with van der Waals surface area (Å²) in [6, 6.07) is 75.1. The number of hydrogen-bond acceptors (Lipinski definition) is 1. The monoisotopic (exact) mass is 737 g/mol. The van der Waals surface area contributed by atoms with Crippen LogP contribution in [-0.4, -0.2) is 14.1 Å². The second kappa shape index (κ2) is 12.9. The minimum atomic E-state index is 0.960. The van der Waals surface area contributed by atoms with Crippen molar-refractivity contribution in [1.29, 1.82) is 0 Å². The van der Waals surface area contributed by atoms with Crippen LogP contribution in [0.1, 0.15) is 0 Å². The van der Waals surface area contributed by atoms with Crippen LogP contribution >= 0.6 is 0 Å². The van der Waals surface area contributed by atoms with Crippen LogP contribution in [0.15, 0.2) is 212 Å². The molecule has 0 aliphatic carbocycles. The highest BCUT2D eigenvalue weighted by atomic mass is 15.1. The van der Waals surface area contributed by atoms with E-state index in [0.29, 0.717) is 0 Å². The van der Waals surface area contributed by atoms with Gasteiger partial charge in [0.1, 0.15) is 5.65 Å². The van der Waals surface area contributed by atoms with Crippen molar-refractivity contribution in [3.05, 3.63) is 212 Å². The highest BCUT2D eigenvalue weighted by Crippen LogP contribution is 2.46. The summed E-state index contributed by atoms with van der Waals surface area (Å²) < 4.78 is 4.74. The Balaban J connectivity index is 1.12. The SMILES string of the molecule is c1ccc(-c2cccc(-c3c4ccccc4c(-c4ccc5c6ccc(-n7c8ccccc8c8cccnc87)cc6n(-c6ccccc6)c5c4)c4ccccc34)c2)cc1. The fraction of sp³-hybridized carbons (Fsp3) is 0. The number of nitrogens with zero attached hydrogens (tertiary/aromatic N) is 3. The molecule has 12 rings (SSSR count). The van der Waals surface area contributed by atoms with Crippen LogP contribution in [0, 0.1) is 0 Å². The number of aromatic nitrogens is 3. The molecular formula is C55H35N3. The number of para-hydroxylation sites is 2. The standard InChI is InChI=1S/C55H35N3/c1-3-15-36(16-4-1)37-17-13-18-38(33-37)53-45-22-7-9-24-47(45)54(48-25-10-8-23-46(48)53)39-28-30-43-44-31-29-41(35-52(44)57(51(43)34-39)40-19-5-2-6-20-40)58-50-27-12-11-21-42(50)49-26-14-32-56-55(49)58/h1-35H. The summed E-state index contributed by atoms with van der Waals surface area (Å²) in [7, 11) is 0. The van der Waals surface area contributed by atoms with Gasteiger partial charge < -0.3 is 4.57 Å². The van der Waals surface area contributed by atoms with Crippen molar-refractivity contribution in [2.45, 2.75) is 0 Å². The molecule has 0 unspecified atom stereocenters. The summed E-state index contributed by atoms with van der Waals surface area (Å²) in [6.07, 6.45) is 1.89. The van der Waals surface area contributed by atoms with Crippen molar-refractivity contribution in [3.8, 4) is 44.8 Å². The Morgan fingerprint density at radius 3 is 1.50 bits per heavy atom. The van der Waals surface area contributed by atoms with Crippen molar-refractivity contribution in [1.82, 2.24) is 14.1 Å². The highest BCUT2D eigenvalue weighted by molar-refractivity contribution is 6.22. The zero-order chi connectivity index (χ0) is 38.2. The van der Waals surface area contributed by atoms with Crippen LogP contribution in [0.5, 0.6) is 0 Å². The summed E-state index contributed by atoms with van der Waals surface area (Å²) in [6.45, 7) is 0. The van der Waals surface area contributed by atoms with Crippen LogP contribution in [0.2, 0.25) is 0 Å². The van der Waals surface area contributed by atoms with Gasteiger partial charge in [0, 0.05) is 39.1 Å². The van der Waals surface area contributed by atoms with E-state index in [2.05, 4.69) is 209 Å². The third kappa shape index (κ3) is 4.90. The molecule has 9 aromatic carbocycles. The molecule has 3 heteroatoms. The van der Waals surface area contributed by atoms with Crippen LogP contribution in [0.4, 0.5) is 0 Å². The van der Waals surface area contributed by atoms with Crippen LogP contribution in [0.3, 0.4) is 0 Å². The van der Waals surface area contributed by atoms with Gasteiger partial charge in [-0.05, 0) is 110 Å². The lowest BCUT2D eigenvalue weighted by Crippen LogP contribution is -1.97. The number of rotatable bonds is 5. The Hall–Kier alpha value is -7.75.